The fourth-order valence-electron chi connectivity index (χ4n) is 3.15. The number of nitrogens with two attached hydrogens (primary N) is 1. The molecule has 2 aliphatic heterocycles. The number of allylic oxidation sites excluding steroid dienone is 1. The summed E-state index contributed by atoms with van der Waals surface area (Å²) in [6, 6.07) is 6.62. The van der Waals surface area contributed by atoms with Gasteiger partial charge in [-0.25, -0.2) is 4.79 Å². The van der Waals surface area contributed by atoms with Crippen LogP contribution < -0.4 is 10.5 Å². The van der Waals surface area contributed by atoms with Gasteiger partial charge in [0.25, 0.3) is 0 Å². The minimum atomic E-state index is -0.846. The van der Waals surface area contributed by atoms with Crippen molar-refractivity contribution < 1.29 is 24.2 Å². The maximum Gasteiger partial charge on any atom is 0.338 e. The van der Waals surface area contributed by atoms with Crippen LogP contribution in [-0.2, 0) is 14.3 Å². The lowest BCUT2D eigenvalue weighted by Gasteiger charge is -2.37. The van der Waals surface area contributed by atoms with Gasteiger partial charge in [0.2, 0.25) is 5.91 Å². The van der Waals surface area contributed by atoms with Crippen LogP contribution in [0.5, 0.6) is 11.5 Å². The first-order chi connectivity index (χ1) is 12.9. The average Bonchev–Trinajstić information content (AvgIpc) is 2.67. The first-order valence-corrected chi connectivity index (χ1v) is 8.98. The number of phenolic OH excluding ortho intramolecular Hbond substituents is 1. The second-order valence-electron chi connectivity index (χ2n) is 5.81. The highest BCUT2D eigenvalue weighted by molar-refractivity contribution is 8.03. The van der Waals surface area contributed by atoms with Crippen LogP contribution in [0.4, 0.5) is 0 Å². The SMILES string of the molecule is COC(=O)C1=C(N)N2C(=O)CCSC2=C(C#N)C1c1ccc(O)c(OC)c1. The minimum absolute atomic E-state index is 0.00129. The predicted octanol–water partition coefficient (Wildman–Crippen LogP) is 1.54. The van der Waals surface area contributed by atoms with Gasteiger partial charge in [-0.15, -0.1) is 11.8 Å². The zero-order valence-electron chi connectivity index (χ0n) is 14.7. The molecule has 0 bridgehead atoms. The maximum absolute atomic E-state index is 12.5. The van der Waals surface area contributed by atoms with Crippen LogP contribution in [0.2, 0.25) is 0 Å². The van der Waals surface area contributed by atoms with Crippen LogP contribution in [0.15, 0.2) is 40.2 Å². The Hall–Kier alpha value is -3.12. The van der Waals surface area contributed by atoms with E-state index in [1.165, 1.54) is 43.0 Å². The number of carbonyl (C=O) groups is 2. The molecule has 1 aromatic carbocycles. The molecule has 1 unspecified atom stereocenters. The number of hydrogen-bond donors (Lipinski definition) is 2. The van der Waals surface area contributed by atoms with Gasteiger partial charge < -0.3 is 20.3 Å². The summed E-state index contributed by atoms with van der Waals surface area (Å²) in [4.78, 5) is 26.1. The summed E-state index contributed by atoms with van der Waals surface area (Å²) >= 11 is 1.34. The number of benzene rings is 1. The summed E-state index contributed by atoms with van der Waals surface area (Å²) in [5, 5.41) is 20.1. The fourth-order valence-corrected chi connectivity index (χ4v) is 4.27. The van der Waals surface area contributed by atoms with Crippen molar-refractivity contribution in [1.29, 1.82) is 5.26 Å². The van der Waals surface area contributed by atoms with E-state index >= 15 is 0 Å². The summed E-state index contributed by atoms with van der Waals surface area (Å²) in [5.74, 6) is -1.29. The Morgan fingerprint density at radius 1 is 1.44 bits per heavy atom. The highest BCUT2D eigenvalue weighted by atomic mass is 32.2. The van der Waals surface area contributed by atoms with Crippen molar-refractivity contribution in [3.63, 3.8) is 0 Å². The Bertz CT molecular complexity index is 931. The van der Waals surface area contributed by atoms with Crippen molar-refractivity contribution in [2.45, 2.75) is 12.3 Å². The quantitative estimate of drug-likeness (QED) is 0.748. The van der Waals surface area contributed by atoms with E-state index in [0.717, 1.165) is 0 Å². The topological polar surface area (TPSA) is 126 Å². The van der Waals surface area contributed by atoms with E-state index in [-0.39, 0.29) is 40.8 Å². The second kappa shape index (κ2) is 7.25. The van der Waals surface area contributed by atoms with Crippen molar-refractivity contribution in [2.75, 3.05) is 20.0 Å². The summed E-state index contributed by atoms with van der Waals surface area (Å²) in [6.07, 6.45) is 0.250. The molecule has 3 N–H and O–H groups in total. The largest absolute Gasteiger partial charge is 0.504 e. The van der Waals surface area contributed by atoms with Crippen LogP contribution in [-0.4, -0.2) is 41.9 Å². The molecule has 1 aromatic rings. The number of rotatable bonds is 3. The Morgan fingerprint density at radius 3 is 2.81 bits per heavy atom. The van der Waals surface area contributed by atoms with E-state index in [4.69, 9.17) is 15.2 Å². The molecule has 1 atom stereocenters. The summed E-state index contributed by atoms with van der Waals surface area (Å²) < 4.78 is 10.0. The van der Waals surface area contributed by atoms with Gasteiger partial charge in [0.1, 0.15) is 5.82 Å². The van der Waals surface area contributed by atoms with E-state index in [1.807, 2.05) is 0 Å². The molecule has 9 heteroatoms. The normalized spacial score (nSPS) is 19.5. The van der Waals surface area contributed by atoms with Gasteiger partial charge in [-0.1, -0.05) is 6.07 Å². The fraction of sp³-hybridized carbons (Fsp3) is 0.278. The van der Waals surface area contributed by atoms with Crippen molar-refractivity contribution >= 4 is 23.6 Å². The van der Waals surface area contributed by atoms with Gasteiger partial charge >= 0.3 is 5.97 Å². The summed E-state index contributed by atoms with van der Waals surface area (Å²) in [5.41, 5.74) is 6.92. The zero-order valence-corrected chi connectivity index (χ0v) is 15.5. The molecule has 0 aromatic heterocycles. The Balaban J connectivity index is 2.28. The Labute approximate surface area is 159 Å². The van der Waals surface area contributed by atoms with E-state index in [0.29, 0.717) is 16.3 Å². The number of nitrogens with zero attached hydrogens (tertiary/aromatic N) is 2. The maximum atomic E-state index is 12.5. The molecular formula is C18H17N3O5S. The van der Waals surface area contributed by atoms with Crippen molar-refractivity contribution in [3.05, 3.63) is 45.8 Å². The predicted molar refractivity (Wildman–Crippen MR) is 97.2 cm³/mol. The first-order valence-electron chi connectivity index (χ1n) is 7.99. The Morgan fingerprint density at radius 2 is 2.19 bits per heavy atom. The van der Waals surface area contributed by atoms with Gasteiger partial charge in [0.05, 0.1) is 42.4 Å². The number of methoxy groups -OCH3 is 2. The number of aromatic hydroxyl groups is 1. The van der Waals surface area contributed by atoms with E-state index in [9.17, 15) is 20.0 Å². The standard InChI is InChI=1S/C18H17N3O5S/c1-25-12-7-9(3-4-11(12)22)14-10(8-19)17-21(13(23)5-6-27-17)16(20)15(14)18(24)26-2/h3-4,7,14,22H,5-6,20H2,1-2H3. The molecular weight excluding hydrogens is 370 g/mol. The number of carbonyl (C=O) groups excluding carboxylic acids is 2. The van der Waals surface area contributed by atoms with E-state index < -0.39 is 11.9 Å². The lowest BCUT2D eigenvalue weighted by Crippen LogP contribution is -2.42. The molecule has 2 aliphatic rings. The second-order valence-corrected chi connectivity index (χ2v) is 6.90. The number of hydrogen-bond acceptors (Lipinski definition) is 8. The highest BCUT2D eigenvalue weighted by Gasteiger charge is 2.43. The first kappa shape index (κ1) is 18.7. The number of thioether (sulfide) groups is 1. The van der Waals surface area contributed by atoms with Crippen molar-refractivity contribution in [1.82, 2.24) is 4.90 Å². The van der Waals surface area contributed by atoms with Gasteiger partial charge in [-0.3, -0.25) is 9.69 Å². The zero-order chi connectivity index (χ0) is 19.7. The lowest BCUT2D eigenvalue weighted by atomic mass is 9.82. The number of esters is 1. The molecule has 3 rings (SSSR count). The number of fused-ring (bicyclic) bond motifs is 1. The summed E-state index contributed by atoms with van der Waals surface area (Å²) in [6.45, 7) is 0. The molecule has 1 fully saturated rings. The number of ether oxygens (including phenoxy) is 2. The van der Waals surface area contributed by atoms with E-state index in [2.05, 4.69) is 6.07 Å². The Kier molecular flexibility index (Phi) is 5.01. The molecule has 0 radical (unpaired) electrons. The number of phenols is 1. The van der Waals surface area contributed by atoms with Crippen LogP contribution in [0.3, 0.4) is 0 Å². The molecule has 0 spiro atoms. The molecule has 1 saturated heterocycles. The summed E-state index contributed by atoms with van der Waals surface area (Å²) in [7, 11) is 2.60. The van der Waals surface area contributed by atoms with E-state index in [1.54, 1.807) is 6.07 Å². The molecule has 0 aliphatic carbocycles. The van der Waals surface area contributed by atoms with Gasteiger partial charge in [-0.2, -0.15) is 5.26 Å². The lowest BCUT2D eigenvalue weighted by molar-refractivity contribution is -0.136. The van der Waals surface area contributed by atoms with Crippen LogP contribution in [0.25, 0.3) is 0 Å². The van der Waals surface area contributed by atoms with Crippen LogP contribution in [0.1, 0.15) is 17.9 Å². The van der Waals surface area contributed by atoms with Gasteiger partial charge in [0.15, 0.2) is 11.5 Å². The van der Waals surface area contributed by atoms with Gasteiger partial charge in [-0.05, 0) is 17.7 Å². The van der Waals surface area contributed by atoms with Gasteiger partial charge in [0, 0.05) is 12.2 Å². The van der Waals surface area contributed by atoms with Crippen molar-refractivity contribution in [2.24, 2.45) is 5.73 Å². The molecule has 0 saturated carbocycles. The number of nitriles is 1. The third-order valence-electron chi connectivity index (χ3n) is 4.39. The minimum Gasteiger partial charge on any atom is -0.504 e. The van der Waals surface area contributed by atoms with Crippen LogP contribution in [0, 0.1) is 11.3 Å². The van der Waals surface area contributed by atoms with Crippen LogP contribution >= 0.6 is 11.8 Å². The monoisotopic (exact) mass is 387 g/mol. The third kappa shape index (κ3) is 2.98. The number of amides is 1. The molecule has 2 heterocycles. The highest BCUT2D eigenvalue weighted by Crippen LogP contribution is 2.47. The molecule has 140 valence electrons. The molecule has 27 heavy (non-hydrogen) atoms. The average molecular weight is 387 g/mol. The molecule has 1 amide bonds. The smallest absolute Gasteiger partial charge is 0.338 e. The molecule has 8 nitrogen and oxygen atoms in total. The van der Waals surface area contributed by atoms with Crippen molar-refractivity contribution in [3.8, 4) is 17.6 Å². The third-order valence-corrected chi connectivity index (χ3v) is 5.48.